The third-order valence-corrected chi connectivity index (χ3v) is 7.45. The van der Waals surface area contributed by atoms with Crippen molar-refractivity contribution in [1.82, 2.24) is 4.98 Å². The maximum absolute atomic E-state index is 13.5. The highest BCUT2D eigenvalue weighted by atomic mass is 19.1. The highest BCUT2D eigenvalue weighted by molar-refractivity contribution is 5.82. The molecule has 154 valence electrons. The molecule has 6 rings (SSSR count). The number of hydrogen-bond donors (Lipinski definition) is 1. The van der Waals surface area contributed by atoms with Crippen LogP contribution in [-0.4, -0.2) is 33.7 Å². The summed E-state index contributed by atoms with van der Waals surface area (Å²) < 4.78 is 14.3. The average Bonchev–Trinajstić information content (AvgIpc) is 2.79. The van der Waals surface area contributed by atoms with E-state index < -0.39 is 6.10 Å². The Kier molecular flexibility index (Phi) is 4.92. The Morgan fingerprint density at radius 1 is 1.17 bits per heavy atom. The number of fused-ring (bicyclic) bond motifs is 4. The maximum atomic E-state index is 13.5. The van der Waals surface area contributed by atoms with Crippen LogP contribution >= 0.6 is 0 Å². The summed E-state index contributed by atoms with van der Waals surface area (Å²) in [4.78, 5) is 4.47. The lowest BCUT2D eigenvalue weighted by atomic mass is 9.71. The second-order valence-electron chi connectivity index (χ2n) is 9.02. The van der Waals surface area contributed by atoms with Crippen molar-refractivity contribution in [3.05, 3.63) is 90.4 Å². The first-order valence-corrected chi connectivity index (χ1v) is 10.8. The zero-order valence-electron chi connectivity index (χ0n) is 17.1. The molecule has 3 aromatic rings. The lowest BCUT2D eigenvalue weighted by Gasteiger charge is -2.58. The van der Waals surface area contributed by atoms with Crippen molar-refractivity contribution in [1.29, 1.82) is 0 Å². The van der Waals surface area contributed by atoms with Crippen LogP contribution in [0.1, 0.15) is 30.1 Å². The Balaban J connectivity index is 1.55. The smallest absolute Gasteiger partial charge is 0.131 e. The molecule has 0 radical (unpaired) electrons. The first kappa shape index (κ1) is 19.4. The molecule has 0 spiro atoms. The van der Waals surface area contributed by atoms with Gasteiger partial charge in [0.1, 0.15) is 24.5 Å². The van der Waals surface area contributed by atoms with Gasteiger partial charge >= 0.3 is 0 Å². The molecule has 4 heterocycles. The highest BCUT2D eigenvalue weighted by Gasteiger charge is 2.53. The molecule has 4 heteroatoms. The zero-order chi connectivity index (χ0) is 20.7. The molecule has 3 aliphatic rings. The number of aliphatic hydroxyl groups excluding tert-OH is 1. The summed E-state index contributed by atoms with van der Waals surface area (Å²) >= 11 is 0. The normalized spacial score (nSPS) is 29.1. The number of hydrogen-bond acceptors (Lipinski definition) is 2. The number of quaternary nitrogens is 1. The van der Waals surface area contributed by atoms with Gasteiger partial charge in [0.25, 0.3) is 0 Å². The van der Waals surface area contributed by atoms with E-state index in [4.69, 9.17) is 0 Å². The number of halogens is 1. The summed E-state index contributed by atoms with van der Waals surface area (Å²) in [5.74, 6) is 0.834. The molecule has 30 heavy (non-hydrogen) atoms. The van der Waals surface area contributed by atoms with Crippen molar-refractivity contribution >= 4 is 10.9 Å². The minimum Gasteiger partial charge on any atom is -0.382 e. The molecule has 0 aliphatic carbocycles. The maximum Gasteiger partial charge on any atom is 0.131 e. The second-order valence-corrected chi connectivity index (χ2v) is 9.02. The van der Waals surface area contributed by atoms with Crippen molar-refractivity contribution in [2.24, 2.45) is 11.8 Å². The van der Waals surface area contributed by atoms with Gasteiger partial charge in [-0.2, -0.15) is 0 Å². The highest BCUT2D eigenvalue weighted by Crippen LogP contribution is 2.48. The number of aromatic nitrogens is 1. The number of nitrogens with zero attached hydrogens (tertiary/aromatic N) is 2. The third kappa shape index (κ3) is 3.24. The zero-order valence-corrected chi connectivity index (χ0v) is 17.1. The quantitative estimate of drug-likeness (QED) is 0.479. The number of piperidine rings is 3. The molecular weight excluding hydrogens is 375 g/mol. The monoisotopic (exact) mass is 403 g/mol. The molecule has 2 aromatic carbocycles. The number of rotatable bonds is 5. The van der Waals surface area contributed by atoms with Crippen LogP contribution in [0.15, 0.2) is 73.4 Å². The van der Waals surface area contributed by atoms with E-state index in [1.165, 1.54) is 12.1 Å². The summed E-state index contributed by atoms with van der Waals surface area (Å²) in [5.41, 5.74) is 3.00. The van der Waals surface area contributed by atoms with E-state index in [1.54, 1.807) is 6.20 Å². The Labute approximate surface area is 177 Å². The molecule has 0 saturated carbocycles. The van der Waals surface area contributed by atoms with Gasteiger partial charge in [-0.3, -0.25) is 4.98 Å². The largest absolute Gasteiger partial charge is 0.382 e. The van der Waals surface area contributed by atoms with Crippen molar-refractivity contribution in [3.8, 4) is 0 Å². The van der Waals surface area contributed by atoms with E-state index in [9.17, 15) is 9.50 Å². The van der Waals surface area contributed by atoms with Crippen molar-refractivity contribution in [3.63, 3.8) is 0 Å². The molecule has 3 aliphatic heterocycles. The van der Waals surface area contributed by atoms with Gasteiger partial charge in [-0.15, -0.1) is 6.58 Å². The van der Waals surface area contributed by atoms with Crippen LogP contribution in [0.5, 0.6) is 0 Å². The minimum atomic E-state index is -0.563. The Morgan fingerprint density at radius 2 is 1.97 bits per heavy atom. The number of para-hydroxylation sites is 1. The van der Waals surface area contributed by atoms with Gasteiger partial charge in [0.15, 0.2) is 0 Å². The molecule has 2 bridgehead atoms. The SMILES string of the molecule is C=C[C@H]1C[N@+]2(Cc3ccc(F)cc3)CC[C@H]1C[C@@H]2[C@@H](O)c1ccnc2ccccc12. The minimum absolute atomic E-state index is 0.107. The van der Waals surface area contributed by atoms with Crippen LogP contribution in [0.3, 0.4) is 0 Å². The van der Waals surface area contributed by atoms with Crippen LogP contribution in [0, 0.1) is 17.7 Å². The molecule has 0 unspecified atom stereocenters. The first-order valence-electron chi connectivity index (χ1n) is 10.8. The number of pyridine rings is 1. The lowest BCUT2D eigenvalue weighted by Crippen LogP contribution is -2.67. The predicted octanol–water partition coefficient (Wildman–Crippen LogP) is 5.02. The van der Waals surface area contributed by atoms with Gasteiger partial charge in [0, 0.05) is 35.9 Å². The molecule has 5 atom stereocenters. The molecule has 3 saturated heterocycles. The second kappa shape index (κ2) is 7.60. The summed E-state index contributed by atoms with van der Waals surface area (Å²) in [6.45, 7) is 6.92. The molecule has 1 aromatic heterocycles. The van der Waals surface area contributed by atoms with Crippen LogP contribution in [0.25, 0.3) is 10.9 Å². The van der Waals surface area contributed by atoms with E-state index in [2.05, 4.69) is 17.6 Å². The first-order chi connectivity index (χ1) is 14.6. The fourth-order valence-electron chi connectivity index (χ4n) is 5.92. The predicted molar refractivity (Wildman–Crippen MR) is 117 cm³/mol. The Morgan fingerprint density at radius 3 is 2.77 bits per heavy atom. The van der Waals surface area contributed by atoms with Crippen LogP contribution < -0.4 is 0 Å². The summed E-state index contributed by atoms with van der Waals surface area (Å²) in [5, 5.41) is 12.7. The third-order valence-electron chi connectivity index (χ3n) is 7.45. The molecule has 3 nitrogen and oxygen atoms in total. The molecule has 3 fully saturated rings. The van der Waals surface area contributed by atoms with Gasteiger partial charge < -0.3 is 9.59 Å². The van der Waals surface area contributed by atoms with Gasteiger partial charge in [-0.25, -0.2) is 4.39 Å². The van der Waals surface area contributed by atoms with E-state index in [0.29, 0.717) is 11.8 Å². The van der Waals surface area contributed by atoms with E-state index in [1.807, 2.05) is 42.5 Å². The van der Waals surface area contributed by atoms with Gasteiger partial charge in [-0.1, -0.05) is 36.4 Å². The molecular formula is C26H28FN2O+. The lowest BCUT2D eigenvalue weighted by molar-refractivity contribution is -0.984. The van der Waals surface area contributed by atoms with Gasteiger partial charge in [0.2, 0.25) is 0 Å². The van der Waals surface area contributed by atoms with Crippen molar-refractivity contribution in [2.45, 2.75) is 31.5 Å². The summed E-state index contributed by atoms with van der Waals surface area (Å²) in [6, 6.07) is 17.0. The van der Waals surface area contributed by atoms with Crippen molar-refractivity contribution < 1.29 is 14.0 Å². The summed E-state index contributed by atoms with van der Waals surface area (Å²) in [7, 11) is 0. The fraction of sp³-hybridized carbons (Fsp3) is 0.346. The molecule has 0 amide bonds. The Hall–Kier alpha value is -2.56. The van der Waals surface area contributed by atoms with Gasteiger partial charge in [-0.05, 0) is 35.7 Å². The molecule has 1 N–H and O–H groups in total. The standard InChI is InChI=1S/C26H28FN2O/c1-2-19-17-29(16-18-7-9-21(27)10-8-18)14-12-20(19)15-25(29)26(30)23-11-13-28-24-6-4-3-5-22(23)24/h2-11,13,19-20,25-26,30H,1,12,14-17H2/q+1/t19-,20-,25+,26-,29+/m0/s1. The van der Waals surface area contributed by atoms with Crippen LogP contribution in [-0.2, 0) is 6.54 Å². The number of benzene rings is 2. The van der Waals surface area contributed by atoms with Crippen LogP contribution in [0.2, 0.25) is 0 Å². The van der Waals surface area contributed by atoms with Crippen molar-refractivity contribution in [2.75, 3.05) is 13.1 Å². The van der Waals surface area contributed by atoms with E-state index in [-0.39, 0.29) is 11.9 Å². The van der Waals surface area contributed by atoms with E-state index in [0.717, 1.165) is 59.0 Å². The summed E-state index contributed by atoms with van der Waals surface area (Å²) in [6.07, 6.45) is 5.47. The Bertz CT molecular complexity index is 1060. The fourth-order valence-corrected chi connectivity index (χ4v) is 5.92. The van der Waals surface area contributed by atoms with Gasteiger partial charge in [0.05, 0.1) is 18.6 Å². The number of aliphatic hydroxyl groups is 1. The topological polar surface area (TPSA) is 33.1 Å². The average molecular weight is 404 g/mol. The van der Waals surface area contributed by atoms with Crippen LogP contribution in [0.4, 0.5) is 4.39 Å². The van der Waals surface area contributed by atoms with E-state index >= 15 is 0 Å².